The van der Waals surface area contributed by atoms with Crippen LogP contribution in [0.15, 0.2) is 18.2 Å². The lowest BCUT2D eigenvalue weighted by molar-refractivity contribution is 0.267. The Balaban J connectivity index is 2.80. The van der Waals surface area contributed by atoms with Gasteiger partial charge in [0.2, 0.25) is 0 Å². The molecule has 1 unspecified atom stereocenters. The molecule has 0 aliphatic rings. The lowest BCUT2D eigenvalue weighted by Crippen LogP contribution is -2.27. The number of nitrogen functional groups attached to an aromatic ring is 1. The van der Waals surface area contributed by atoms with E-state index in [2.05, 4.69) is 19.2 Å². The number of nitrogens with one attached hydrogen (secondary N) is 1. The molecule has 0 spiro atoms. The molecule has 0 aliphatic heterocycles. The summed E-state index contributed by atoms with van der Waals surface area (Å²) in [6.07, 6.45) is 0.741. The van der Waals surface area contributed by atoms with Crippen LogP contribution in [0, 0.1) is 12.8 Å². The number of anilines is 2. The number of aliphatic hydroxyl groups excluding tert-OH is 1. The minimum Gasteiger partial charge on any atom is -0.397 e. The molecule has 90 valence electrons. The summed E-state index contributed by atoms with van der Waals surface area (Å²) in [6.45, 7) is 6.52. The third-order valence-corrected chi connectivity index (χ3v) is 2.79. The van der Waals surface area contributed by atoms with Crippen LogP contribution in [-0.2, 0) is 0 Å². The summed E-state index contributed by atoms with van der Waals surface area (Å²) in [5, 5.41) is 12.4. The molecular weight excluding hydrogens is 200 g/mol. The molecule has 4 N–H and O–H groups in total. The molecule has 0 amide bonds. The van der Waals surface area contributed by atoms with E-state index in [1.54, 1.807) is 0 Å². The molecule has 3 nitrogen and oxygen atoms in total. The van der Waals surface area contributed by atoms with Crippen molar-refractivity contribution >= 4 is 11.4 Å². The van der Waals surface area contributed by atoms with E-state index in [9.17, 15) is 0 Å². The molecule has 0 fully saturated rings. The average molecular weight is 222 g/mol. The third kappa shape index (κ3) is 3.42. The minimum absolute atomic E-state index is 0.196. The molecule has 1 aromatic rings. The minimum atomic E-state index is 0.196. The van der Waals surface area contributed by atoms with E-state index in [0.29, 0.717) is 5.92 Å². The van der Waals surface area contributed by atoms with Gasteiger partial charge in [-0.15, -0.1) is 0 Å². The van der Waals surface area contributed by atoms with Crippen molar-refractivity contribution in [3.63, 3.8) is 0 Å². The highest BCUT2D eigenvalue weighted by Gasteiger charge is 2.13. The van der Waals surface area contributed by atoms with E-state index in [4.69, 9.17) is 10.8 Å². The number of hydrogen-bond acceptors (Lipinski definition) is 3. The molecule has 0 saturated heterocycles. The smallest absolute Gasteiger partial charge is 0.0578 e. The van der Waals surface area contributed by atoms with Crippen molar-refractivity contribution in [2.24, 2.45) is 5.92 Å². The second-order valence-electron chi connectivity index (χ2n) is 4.60. The van der Waals surface area contributed by atoms with Gasteiger partial charge in [-0.25, -0.2) is 0 Å². The monoisotopic (exact) mass is 222 g/mol. The van der Waals surface area contributed by atoms with Gasteiger partial charge in [-0.2, -0.15) is 0 Å². The number of benzene rings is 1. The fourth-order valence-electron chi connectivity index (χ4n) is 1.71. The summed E-state index contributed by atoms with van der Waals surface area (Å²) in [6, 6.07) is 6.21. The largest absolute Gasteiger partial charge is 0.397 e. The van der Waals surface area contributed by atoms with Crippen LogP contribution in [-0.4, -0.2) is 17.8 Å². The molecule has 0 bridgehead atoms. The van der Waals surface area contributed by atoms with Crippen molar-refractivity contribution in [2.45, 2.75) is 33.2 Å². The zero-order valence-electron chi connectivity index (χ0n) is 10.3. The van der Waals surface area contributed by atoms with Gasteiger partial charge in [-0.1, -0.05) is 19.9 Å². The summed E-state index contributed by atoms with van der Waals surface area (Å²) in [5.41, 5.74) is 8.82. The first-order chi connectivity index (χ1) is 7.54. The van der Waals surface area contributed by atoms with E-state index < -0.39 is 0 Å². The fourth-order valence-corrected chi connectivity index (χ4v) is 1.71. The van der Waals surface area contributed by atoms with Gasteiger partial charge in [0.05, 0.1) is 11.4 Å². The normalized spacial score (nSPS) is 12.8. The van der Waals surface area contributed by atoms with Gasteiger partial charge < -0.3 is 16.2 Å². The van der Waals surface area contributed by atoms with Crippen LogP contribution in [0.1, 0.15) is 25.8 Å². The van der Waals surface area contributed by atoms with Crippen LogP contribution in [0.4, 0.5) is 11.4 Å². The topological polar surface area (TPSA) is 58.3 Å². The summed E-state index contributed by atoms with van der Waals surface area (Å²) in [4.78, 5) is 0. The molecule has 0 saturated carbocycles. The van der Waals surface area contributed by atoms with Crippen LogP contribution in [0.2, 0.25) is 0 Å². The molecule has 0 radical (unpaired) electrons. The molecule has 1 rings (SSSR count). The Morgan fingerprint density at radius 2 is 2.06 bits per heavy atom. The zero-order valence-corrected chi connectivity index (χ0v) is 10.3. The molecule has 0 aromatic heterocycles. The summed E-state index contributed by atoms with van der Waals surface area (Å²) >= 11 is 0. The van der Waals surface area contributed by atoms with Crippen LogP contribution in [0.5, 0.6) is 0 Å². The third-order valence-electron chi connectivity index (χ3n) is 2.79. The van der Waals surface area contributed by atoms with Crippen LogP contribution >= 0.6 is 0 Å². The van der Waals surface area contributed by atoms with Gasteiger partial charge in [0.15, 0.2) is 0 Å². The standard InChI is InChI=1S/C13H22N2O/c1-9(2)12(6-7-16)15-13-8-10(3)4-5-11(13)14/h4-5,8-9,12,15-16H,6-7,14H2,1-3H3. The number of aryl methyl sites for hydroxylation is 1. The molecular formula is C13H22N2O. The number of nitrogens with two attached hydrogens (primary N) is 1. The predicted molar refractivity (Wildman–Crippen MR) is 69.5 cm³/mol. The summed E-state index contributed by atoms with van der Waals surface area (Å²) in [5.74, 6) is 0.465. The van der Waals surface area contributed by atoms with E-state index in [0.717, 1.165) is 17.8 Å². The maximum Gasteiger partial charge on any atom is 0.0578 e. The SMILES string of the molecule is Cc1ccc(N)c(NC(CCO)C(C)C)c1. The summed E-state index contributed by atoms with van der Waals surface area (Å²) in [7, 11) is 0. The Kier molecular flexibility index (Phi) is 4.62. The second kappa shape index (κ2) is 5.75. The maximum atomic E-state index is 9.02. The van der Waals surface area contributed by atoms with E-state index >= 15 is 0 Å². The lowest BCUT2D eigenvalue weighted by atomic mass is 10.0. The van der Waals surface area contributed by atoms with Crippen molar-refractivity contribution in [2.75, 3.05) is 17.7 Å². The Morgan fingerprint density at radius 3 is 2.62 bits per heavy atom. The first-order valence-electron chi connectivity index (χ1n) is 5.78. The van der Waals surface area contributed by atoms with Gasteiger partial charge >= 0.3 is 0 Å². The van der Waals surface area contributed by atoms with Crippen molar-refractivity contribution in [3.05, 3.63) is 23.8 Å². The average Bonchev–Trinajstić information content (AvgIpc) is 2.22. The second-order valence-corrected chi connectivity index (χ2v) is 4.60. The van der Waals surface area contributed by atoms with Gasteiger partial charge in [0, 0.05) is 12.6 Å². The summed E-state index contributed by atoms with van der Waals surface area (Å²) < 4.78 is 0. The highest BCUT2D eigenvalue weighted by Crippen LogP contribution is 2.23. The van der Waals surface area contributed by atoms with Gasteiger partial charge in [-0.3, -0.25) is 0 Å². The fraction of sp³-hybridized carbons (Fsp3) is 0.538. The Morgan fingerprint density at radius 1 is 1.38 bits per heavy atom. The first kappa shape index (κ1) is 12.8. The van der Waals surface area contributed by atoms with E-state index in [-0.39, 0.29) is 12.6 Å². The first-order valence-corrected chi connectivity index (χ1v) is 5.78. The lowest BCUT2D eigenvalue weighted by Gasteiger charge is -2.23. The molecule has 1 atom stereocenters. The predicted octanol–water partition coefficient (Wildman–Crippen LogP) is 2.40. The Bertz CT molecular complexity index is 337. The highest BCUT2D eigenvalue weighted by molar-refractivity contribution is 5.67. The molecule has 1 aromatic carbocycles. The van der Waals surface area contributed by atoms with Crippen molar-refractivity contribution in [3.8, 4) is 0 Å². The van der Waals surface area contributed by atoms with Gasteiger partial charge in [0.25, 0.3) is 0 Å². The highest BCUT2D eigenvalue weighted by atomic mass is 16.3. The number of hydrogen-bond donors (Lipinski definition) is 3. The maximum absolute atomic E-state index is 9.02. The van der Waals surface area contributed by atoms with Crippen LogP contribution in [0.3, 0.4) is 0 Å². The van der Waals surface area contributed by atoms with Gasteiger partial charge in [0.1, 0.15) is 0 Å². The zero-order chi connectivity index (χ0) is 12.1. The molecule has 0 aliphatic carbocycles. The molecule has 16 heavy (non-hydrogen) atoms. The van der Waals surface area contributed by atoms with Crippen LogP contribution in [0.25, 0.3) is 0 Å². The van der Waals surface area contributed by atoms with Gasteiger partial charge in [-0.05, 0) is 37.0 Å². The number of rotatable bonds is 5. The quantitative estimate of drug-likeness (QED) is 0.670. The van der Waals surface area contributed by atoms with E-state index in [1.165, 1.54) is 5.56 Å². The van der Waals surface area contributed by atoms with Crippen molar-refractivity contribution < 1.29 is 5.11 Å². The Hall–Kier alpha value is -1.22. The number of aliphatic hydroxyl groups is 1. The Labute approximate surface area is 97.7 Å². The van der Waals surface area contributed by atoms with E-state index in [1.807, 2.05) is 25.1 Å². The molecule has 3 heteroatoms. The van der Waals surface area contributed by atoms with Crippen LogP contribution < -0.4 is 11.1 Å². The van der Waals surface area contributed by atoms with Crippen molar-refractivity contribution in [1.82, 2.24) is 0 Å². The van der Waals surface area contributed by atoms with Crippen molar-refractivity contribution in [1.29, 1.82) is 0 Å². The molecule has 0 heterocycles.